The van der Waals surface area contributed by atoms with Crippen molar-refractivity contribution in [2.24, 2.45) is 0 Å². The van der Waals surface area contributed by atoms with Crippen molar-refractivity contribution in [3.8, 4) is 0 Å². The Morgan fingerprint density at radius 3 is 2.68 bits per heavy atom. The van der Waals surface area contributed by atoms with Gasteiger partial charge in [-0.2, -0.15) is 0 Å². The minimum Gasteiger partial charge on any atom is -0.371 e. The zero-order valence-electron chi connectivity index (χ0n) is 10.5. The molecule has 1 aromatic rings. The van der Waals surface area contributed by atoms with Gasteiger partial charge < -0.3 is 4.74 Å². The molecule has 104 valence electrons. The lowest BCUT2D eigenvalue weighted by Gasteiger charge is -2.42. The summed E-state index contributed by atoms with van der Waals surface area (Å²) in [7, 11) is -2.78. The van der Waals surface area contributed by atoms with Crippen LogP contribution in [0.15, 0.2) is 24.3 Å². The highest BCUT2D eigenvalue weighted by Crippen LogP contribution is 2.30. The van der Waals surface area contributed by atoms with E-state index < -0.39 is 9.84 Å². The maximum atomic E-state index is 11.3. The number of benzene rings is 1. The number of sulfone groups is 1. The van der Waals surface area contributed by atoms with Crippen LogP contribution in [0, 0.1) is 0 Å². The van der Waals surface area contributed by atoms with Crippen LogP contribution in [-0.4, -0.2) is 50.6 Å². The summed E-state index contributed by atoms with van der Waals surface area (Å²) in [5.41, 5.74) is 0.982. The zero-order chi connectivity index (χ0) is 13.5. The molecule has 3 rings (SSSR count). The second kappa shape index (κ2) is 5.05. The van der Waals surface area contributed by atoms with Gasteiger partial charge in [0.25, 0.3) is 0 Å². The molecule has 19 heavy (non-hydrogen) atoms. The monoisotopic (exact) mass is 301 g/mol. The molecule has 2 fully saturated rings. The van der Waals surface area contributed by atoms with Gasteiger partial charge in [0.1, 0.15) is 0 Å². The van der Waals surface area contributed by atoms with E-state index in [9.17, 15) is 8.42 Å². The molecule has 6 heteroatoms. The summed E-state index contributed by atoms with van der Waals surface area (Å²) in [4.78, 5) is 2.21. The summed E-state index contributed by atoms with van der Waals surface area (Å²) in [6.07, 6.45) is -0.0641. The fourth-order valence-electron chi connectivity index (χ4n) is 2.67. The average molecular weight is 302 g/mol. The first kappa shape index (κ1) is 13.4. The molecule has 1 unspecified atom stereocenters. The first-order valence-electron chi connectivity index (χ1n) is 6.36. The van der Waals surface area contributed by atoms with E-state index in [-0.39, 0.29) is 23.7 Å². The molecule has 0 amide bonds. The number of halogens is 1. The van der Waals surface area contributed by atoms with Crippen molar-refractivity contribution in [3.05, 3.63) is 34.9 Å². The minimum atomic E-state index is -2.78. The van der Waals surface area contributed by atoms with Gasteiger partial charge in [-0.05, 0) is 6.07 Å². The Morgan fingerprint density at radius 2 is 2.00 bits per heavy atom. The van der Waals surface area contributed by atoms with Gasteiger partial charge in [-0.25, -0.2) is 8.42 Å². The van der Waals surface area contributed by atoms with Crippen molar-refractivity contribution in [2.75, 3.05) is 31.2 Å². The predicted octanol–water partition coefficient (Wildman–Crippen LogP) is 1.51. The number of hydrogen-bond acceptors (Lipinski definition) is 4. The maximum Gasteiger partial charge on any atom is 0.153 e. The second-order valence-corrected chi connectivity index (χ2v) is 7.67. The van der Waals surface area contributed by atoms with E-state index in [0.717, 1.165) is 12.1 Å². The van der Waals surface area contributed by atoms with Crippen LogP contribution in [0.5, 0.6) is 0 Å². The quantitative estimate of drug-likeness (QED) is 0.831. The normalized spacial score (nSPS) is 27.9. The Kier molecular flexibility index (Phi) is 3.55. The van der Waals surface area contributed by atoms with Crippen molar-refractivity contribution in [3.63, 3.8) is 0 Å². The fraction of sp³-hybridized carbons (Fsp3) is 0.538. The van der Waals surface area contributed by atoms with Gasteiger partial charge >= 0.3 is 0 Å². The molecule has 1 atom stereocenters. The van der Waals surface area contributed by atoms with Gasteiger partial charge in [0, 0.05) is 29.7 Å². The number of nitrogens with zero attached hydrogens (tertiary/aromatic N) is 1. The highest BCUT2D eigenvalue weighted by Gasteiger charge is 2.39. The standard InChI is InChI=1S/C13H16ClNO3S/c14-12-4-2-1-3-11(12)13-7-15(5-6-18-13)10-8-19(16,17)9-10/h1-4,10,13H,5-9H2. The third kappa shape index (κ3) is 2.79. The van der Waals surface area contributed by atoms with E-state index in [4.69, 9.17) is 16.3 Å². The van der Waals surface area contributed by atoms with Gasteiger partial charge in [0.2, 0.25) is 0 Å². The highest BCUT2D eigenvalue weighted by molar-refractivity contribution is 7.92. The summed E-state index contributed by atoms with van der Waals surface area (Å²) in [6.45, 7) is 2.12. The van der Waals surface area contributed by atoms with Crippen LogP contribution in [0.25, 0.3) is 0 Å². The molecule has 0 radical (unpaired) electrons. The van der Waals surface area contributed by atoms with E-state index in [1.165, 1.54) is 0 Å². The van der Waals surface area contributed by atoms with Crippen molar-refractivity contribution >= 4 is 21.4 Å². The Balaban J connectivity index is 1.70. The van der Waals surface area contributed by atoms with Crippen LogP contribution >= 0.6 is 11.6 Å². The van der Waals surface area contributed by atoms with Crippen LogP contribution in [0.1, 0.15) is 11.7 Å². The van der Waals surface area contributed by atoms with Gasteiger partial charge in [0.05, 0.1) is 24.2 Å². The Bertz CT molecular complexity index is 563. The summed E-state index contributed by atoms with van der Waals surface area (Å²) in [6, 6.07) is 7.81. The van der Waals surface area contributed by atoms with Crippen LogP contribution in [0.3, 0.4) is 0 Å². The first-order valence-corrected chi connectivity index (χ1v) is 8.55. The molecule has 2 heterocycles. The first-order chi connectivity index (χ1) is 9.05. The fourth-order valence-corrected chi connectivity index (χ4v) is 4.43. The molecule has 0 N–H and O–H groups in total. The highest BCUT2D eigenvalue weighted by atomic mass is 35.5. The lowest BCUT2D eigenvalue weighted by atomic mass is 10.1. The Hall–Kier alpha value is -0.620. The van der Waals surface area contributed by atoms with Gasteiger partial charge in [-0.1, -0.05) is 29.8 Å². The molecule has 1 aromatic carbocycles. The van der Waals surface area contributed by atoms with Crippen LogP contribution in [-0.2, 0) is 14.6 Å². The van der Waals surface area contributed by atoms with E-state index in [0.29, 0.717) is 18.2 Å². The van der Waals surface area contributed by atoms with E-state index >= 15 is 0 Å². The molecular formula is C13H16ClNO3S. The van der Waals surface area contributed by atoms with Crippen LogP contribution < -0.4 is 0 Å². The average Bonchev–Trinajstić information content (AvgIpc) is 2.36. The van der Waals surface area contributed by atoms with E-state index in [2.05, 4.69) is 4.90 Å². The molecule has 2 aliphatic heterocycles. The minimum absolute atomic E-state index is 0.0641. The smallest absolute Gasteiger partial charge is 0.153 e. The summed E-state index contributed by atoms with van der Waals surface area (Å²) >= 11 is 6.18. The molecule has 0 aromatic heterocycles. The predicted molar refractivity (Wildman–Crippen MR) is 74.2 cm³/mol. The number of ether oxygens (including phenoxy) is 1. The van der Waals surface area contributed by atoms with Gasteiger partial charge in [-0.15, -0.1) is 0 Å². The van der Waals surface area contributed by atoms with Crippen LogP contribution in [0.4, 0.5) is 0 Å². The lowest BCUT2D eigenvalue weighted by molar-refractivity contribution is -0.0410. The van der Waals surface area contributed by atoms with Crippen molar-refractivity contribution in [2.45, 2.75) is 12.1 Å². The number of rotatable bonds is 2. The Morgan fingerprint density at radius 1 is 1.26 bits per heavy atom. The third-order valence-corrected chi connectivity index (χ3v) is 5.89. The van der Waals surface area contributed by atoms with Gasteiger partial charge in [-0.3, -0.25) is 4.90 Å². The van der Waals surface area contributed by atoms with Gasteiger partial charge in [0.15, 0.2) is 9.84 Å². The topological polar surface area (TPSA) is 46.6 Å². The third-order valence-electron chi connectivity index (χ3n) is 3.76. The molecule has 4 nitrogen and oxygen atoms in total. The molecule has 0 bridgehead atoms. The number of hydrogen-bond donors (Lipinski definition) is 0. The zero-order valence-corrected chi connectivity index (χ0v) is 12.0. The molecule has 0 aliphatic carbocycles. The summed E-state index contributed by atoms with van der Waals surface area (Å²) < 4.78 is 28.3. The van der Waals surface area contributed by atoms with Crippen molar-refractivity contribution in [1.29, 1.82) is 0 Å². The molecule has 0 spiro atoms. The summed E-state index contributed by atoms with van der Waals surface area (Å²) in [5.74, 6) is 0.560. The van der Waals surface area contributed by atoms with Crippen molar-refractivity contribution in [1.82, 2.24) is 4.90 Å². The molecule has 0 saturated carbocycles. The SMILES string of the molecule is O=S1(=O)CC(N2CCOC(c3ccccc3Cl)C2)C1. The molecular weight excluding hydrogens is 286 g/mol. The van der Waals surface area contributed by atoms with E-state index in [1.807, 2.05) is 24.3 Å². The second-order valence-electron chi connectivity index (χ2n) is 5.11. The lowest BCUT2D eigenvalue weighted by Crippen LogP contribution is -2.56. The van der Waals surface area contributed by atoms with Crippen molar-refractivity contribution < 1.29 is 13.2 Å². The van der Waals surface area contributed by atoms with Crippen LogP contribution in [0.2, 0.25) is 5.02 Å². The Labute approximate surface area is 118 Å². The number of morpholine rings is 1. The van der Waals surface area contributed by atoms with E-state index in [1.54, 1.807) is 0 Å². The summed E-state index contributed by atoms with van der Waals surface area (Å²) in [5, 5.41) is 0.704. The maximum absolute atomic E-state index is 11.3. The molecule has 2 saturated heterocycles. The largest absolute Gasteiger partial charge is 0.371 e. The molecule has 2 aliphatic rings.